The highest BCUT2D eigenvalue weighted by Crippen LogP contribution is 2.38. The largest absolute Gasteiger partial charge is 0.507 e. The summed E-state index contributed by atoms with van der Waals surface area (Å²) in [6, 6.07) is 15.8. The number of hydrogen-bond donors (Lipinski definition) is 3. The maximum absolute atomic E-state index is 12.5. The first kappa shape index (κ1) is 15.8. The van der Waals surface area contributed by atoms with Crippen LogP contribution in [0.2, 0.25) is 0 Å². The molecule has 0 atom stereocenters. The number of hydrogen-bond acceptors (Lipinski definition) is 5. The number of nitrogens with zero attached hydrogens (tertiary/aromatic N) is 2. The Balaban J connectivity index is 2.02. The Morgan fingerprint density at radius 3 is 2.62 bits per heavy atom. The highest BCUT2D eigenvalue weighted by atomic mass is 16.5. The molecule has 4 rings (SSSR count). The minimum atomic E-state index is -0.442. The van der Waals surface area contributed by atoms with Crippen LogP contribution in [0.5, 0.6) is 17.2 Å². The van der Waals surface area contributed by atoms with E-state index in [1.165, 1.54) is 17.7 Å². The average Bonchev–Trinajstić information content (AvgIpc) is 3.02. The standard InChI is InChI=1S/C19H15N3O4/c1-26-17-9-13(15(23)10-16(17)24)18-20-21-19(25)22(18)14-8-4-6-11-5-2-3-7-12(11)14/h2-10,23-24H,1H3,(H,21,25). The van der Waals surface area contributed by atoms with Crippen LogP contribution in [0.1, 0.15) is 0 Å². The monoisotopic (exact) mass is 349 g/mol. The molecule has 3 aromatic carbocycles. The molecular weight excluding hydrogens is 334 g/mol. The number of ether oxygens (including phenoxy) is 1. The summed E-state index contributed by atoms with van der Waals surface area (Å²) in [6.07, 6.45) is 0. The number of aromatic amines is 1. The molecule has 4 aromatic rings. The van der Waals surface area contributed by atoms with Crippen molar-refractivity contribution in [3.8, 4) is 34.3 Å². The summed E-state index contributed by atoms with van der Waals surface area (Å²) in [5, 5.41) is 28.4. The number of phenolic OH excluding ortho intramolecular Hbond substituents is 2. The second-order valence-electron chi connectivity index (χ2n) is 5.73. The van der Waals surface area contributed by atoms with Crippen LogP contribution in [0.3, 0.4) is 0 Å². The number of benzene rings is 3. The lowest BCUT2D eigenvalue weighted by molar-refractivity contribution is 0.370. The van der Waals surface area contributed by atoms with Crippen molar-refractivity contribution in [2.45, 2.75) is 0 Å². The van der Waals surface area contributed by atoms with Crippen molar-refractivity contribution in [3.05, 3.63) is 65.1 Å². The first-order chi connectivity index (χ1) is 12.6. The Morgan fingerprint density at radius 1 is 1.04 bits per heavy atom. The SMILES string of the molecule is COc1cc(-c2n[nH]c(=O)n2-c2cccc3ccccc23)c(O)cc1O. The number of rotatable bonds is 3. The number of methoxy groups -OCH3 is 1. The molecule has 0 radical (unpaired) electrons. The smallest absolute Gasteiger partial charge is 0.348 e. The molecule has 130 valence electrons. The summed E-state index contributed by atoms with van der Waals surface area (Å²) in [5.74, 6) is -0.0491. The predicted molar refractivity (Wildman–Crippen MR) is 97.0 cm³/mol. The van der Waals surface area contributed by atoms with Gasteiger partial charge in [-0.05, 0) is 17.5 Å². The van der Waals surface area contributed by atoms with E-state index in [1.807, 2.05) is 36.4 Å². The van der Waals surface area contributed by atoms with Crippen LogP contribution in [-0.2, 0) is 0 Å². The summed E-state index contributed by atoms with van der Waals surface area (Å²) in [5.41, 5.74) is 0.442. The van der Waals surface area contributed by atoms with Crippen molar-refractivity contribution in [1.82, 2.24) is 14.8 Å². The molecule has 0 aliphatic rings. The van der Waals surface area contributed by atoms with Crippen LogP contribution in [0.4, 0.5) is 0 Å². The molecule has 7 nitrogen and oxygen atoms in total. The van der Waals surface area contributed by atoms with E-state index in [4.69, 9.17) is 4.74 Å². The zero-order valence-electron chi connectivity index (χ0n) is 13.8. The number of phenols is 2. The van der Waals surface area contributed by atoms with Gasteiger partial charge >= 0.3 is 5.69 Å². The maximum atomic E-state index is 12.5. The first-order valence-electron chi connectivity index (χ1n) is 7.86. The van der Waals surface area contributed by atoms with E-state index in [1.54, 1.807) is 6.07 Å². The topological polar surface area (TPSA) is 100 Å². The lowest BCUT2D eigenvalue weighted by atomic mass is 10.1. The average molecular weight is 349 g/mol. The summed E-state index contributed by atoms with van der Waals surface area (Å²) < 4.78 is 6.48. The van der Waals surface area contributed by atoms with Crippen LogP contribution in [0.25, 0.3) is 27.8 Å². The summed E-state index contributed by atoms with van der Waals surface area (Å²) >= 11 is 0. The molecule has 0 saturated carbocycles. The van der Waals surface area contributed by atoms with E-state index in [2.05, 4.69) is 10.2 Å². The van der Waals surface area contributed by atoms with Crippen molar-refractivity contribution in [1.29, 1.82) is 0 Å². The van der Waals surface area contributed by atoms with Gasteiger partial charge in [0, 0.05) is 11.5 Å². The van der Waals surface area contributed by atoms with Crippen molar-refractivity contribution < 1.29 is 14.9 Å². The fraction of sp³-hybridized carbons (Fsp3) is 0.0526. The van der Waals surface area contributed by atoms with Gasteiger partial charge < -0.3 is 14.9 Å². The number of fused-ring (bicyclic) bond motifs is 1. The molecule has 3 N–H and O–H groups in total. The number of aromatic hydroxyl groups is 2. The molecular formula is C19H15N3O4. The molecule has 7 heteroatoms. The normalized spacial score (nSPS) is 11.0. The predicted octanol–water partition coefficient (Wildman–Crippen LogP) is 2.80. The molecule has 0 bridgehead atoms. The zero-order chi connectivity index (χ0) is 18.3. The second-order valence-corrected chi connectivity index (χ2v) is 5.73. The lowest BCUT2D eigenvalue weighted by Gasteiger charge is -2.12. The van der Waals surface area contributed by atoms with Gasteiger partial charge in [0.25, 0.3) is 0 Å². The highest BCUT2D eigenvalue weighted by molar-refractivity contribution is 5.90. The molecule has 0 fully saturated rings. The van der Waals surface area contributed by atoms with Crippen molar-refractivity contribution in [2.24, 2.45) is 0 Å². The molecule has 0 amide bonds. The Labute approximate surface area is 147 Å². The fourth-order valence-electron chi connectivity index (χ4n) is 3.00. The molecule has 1 heterocycles. The summed E-state index contributed by atoms with van der Waals surface area (Å²) in [6.45, 7) is 0. The molecule has 0 unspecified atom stereocenters. The van der Waals surface area contributed by atoms with Gasteiger partial charge in [-0.2, -0.15) is 5.10 Å². The molecule has 26 heavy (non-hydrogen) atoms. The Morgan fingerprint density at radius 2 is 1.81 bits per heavy atom. The van der Waals surface area contributed by atoms with Crippen LogP contribution in [0.15, 0.2) is 59.4 Å². The minimum absolute atomic E-state index is 0.165. The van der Waals surface area contributed by atoms with Crippen LogP contribution < -0.4 is 10.4 Å². The van der Waals surface area contributed by atoms with Crippen LogP contribution >= 0.6 is 0 Å². The van der Waals surface area contributed by atoms with Crippen LogP contribution in [0, 0.1) is 0 Å². The Kier molecular flexibility index (Phi) is 3.62. The summed E-state index contributed by atoms with van der Waals surface area (Å²) in [4.78, 5) is 12.5. The van der Waals surface area contributed by atoms with E-state index in [0.717, 1.165) is 16.8 Å². The van der Waals surface area contributed by atoms with Gasteiger partial charge in [0.1, 0.15) is 5.75 Å². The molecule has 0 aliphatic carbocycles. The molecule has 0 spiro atoms. The number of H-pyrrole nitrogens is 1. The van der Waals surface area contributed by atoms with E-state index in [0.29, 0.717) is 5.69 Å². The Hall–Kier alpha value is -3.74. The maximum Gasteiger partial charge on any atom is 0.348 e. The van der Waals surface area contributed by atoms with Gasteiger partial charge in [0.2, 0.25) is 0 Å². The third kappa shape index (κ3) is 2.37. The third-order valence-electron chi connectivity index (χ3n) is 4.22. The minimum Gasteiger partial charge on any atom is -0.507 e. The molecule has 0 aliphatic heterocycles. The van der Waals surface area contributed by atoms with Gasteiger partial charge in [-0.1, -0.05) is 36.4 Å². The number of aromatic nitrogens is 3. The van der Waals surface area contributed by atoms with Crippen LogP contribution in [-0.4, -0.2) is 32.1 Å². The van der Waals surface area contributed by atoms with Crippen molar-refractivity contribution in [2.75, 3.05) is 7.11 Å². The van der Waals surface area contributed by atoms with Gasteiger partial charge in [-0.3, -0.25) is 0 Å². The number of nitrogens with one attached hydrogen (secondary N) is 1. The van der Waals surface area contributed by atoms with Crippen molar-refractivity contribution in [3.63, 3.8) is 0 Å². The highest BCUT2D eigenvalue weighted by Gasteiger charge is 2.19. The zero-order valence-corrected chi connectivity index (χ0v) is 13.8. The van der Waals surface area contributed by atoms with Gasteiger partial charge in [0.15, 0.2) is 17.3 Å². The van der Waals surface area contributed by atoms with Gasteiger partial charge in [-0.25, -0.2) is 14.5 Å². The van der Waals surface area contributed by atoms with Gasteiger partial charge in [0.05, 0.1) is 18.4 Å². The Bertz CT molecular complexity index is 1170. The fourth-order valence-corrected chi connectivity index (χ4v) is 3.00. The lowest BCUT2D eigenvalue weighted by Crippen LogP contribution is -2.16. The van der Waals surface area contributed by atoms with E-state index < -0.39 is 5.69 Å². The third-order valence-corrected chi connectivity index (χ3v) is 4.22. The van der Waals surface area contributed by atoms with E-state index >= 15 is 0 Å². The van der Waals surface area contributed by atoms with E-state index in [-0.39, 0.29) is 28.6 Å². The van der Waals surface area contributed by atoms with E-state index in [9.17, 15) is 15.0 Å². The molecule has 1 aromatic heterocycles. The quantitative estimate of drug-likeness (QED) is 0.528. The second kappa shape index (κ2) is 5.96. The molecule has 0 saturated heterocycles. The summed E-state index contributed by atoms with van der Waals surface area (Å²) in [7, 11) is 1.40. The van der Waals surface area contributed by atoms with Crippen molar-refractivity contribution >= 4 is 10.8 Å². The van der Waals surface area contributed by atoms with Gasteiger partial charge in [-0.15, -0.1) is 0 Å². The first-order valence-corrected chi connectivity index (χ1v) is 7.86.